The van der Waals surface area contributed by atoms with Gasteiger partial charge in [-0.25, -0.2) is 14.8 Å². The second-order valence-corrected chi connectivity index (χ2v) is 4.21. The predicted molar refractivity (Wildman–Crippen MR) is 73.7 cm³/mol. The second-order valence-electron chi connectivity index (χ2n) is 3.87. The topological polar surface area (TPSA) is 87.1 Å². The van der Waals surface area contributed by atoms with Gasteiger partial charge in [-0.15, -0.1) is 0 Å². The molecule has 1 aromatic heterocycles. The Labute approximate surface area is 114 Å². The van der Waals surface area contributed by atoms with Crippen molar-refractivity contribution in [1.29, 1.82) is 0 Å². The zero-order chi connectivity index (χ0) is 13.7. The molecular formula is C12H13ClN4O2. The average Bonchev–Trinajstić information content (AvgIpc) is 2.37. The van der Waals surface area contributed by atoms with Crippen LogP contribution in [0.25, 0.3) is 10.9 Å². The lowest BCUT2D eigenvalue weighted by molar-refractivity contribution is 0.194. The van der Waals surface area contributed by atoms with Gasteiger partial charge in [0.25, 0.3) is 0 Å². The number of benzene rings is 1. The molecule has 1 heterocycles. The van der Waals surface area contributed by atoms with E-state index in [0.717, 1.165) is 10.9 Å². The number of anilines is 1. The average molecular weight is 281 g/mol. The van der Waals surface area contributed by atoms with Gasteiger partial charge < -0.3 is 15.7 Å². The fourth-order valence-corrected chi connectivity index (χ4v) is 1.85. The predicted octanol–water partition coefficient (Wildman–Crippen LogP) is 2.35. The van der Waals surface area contributed by atoms with Crippen molar-refractivity contribution in [3.8, 4) is 0 Å². The number of carbonyl (C=O) groups is 1. The molecule has 0 saturated carbocycles. The number of aromatic nitrogens is 2. The zero-order valence-electron chi connectivity index (χ0n) is 10.1. The second kappa shape index (κ2) is 6.19. The van der Waals surface area contributed by atoms with E-state index < -0.39 is 6.09 Å². The Morgan fingerprint density at radius 3 is 2.84 bits per heavy atom. The number of para-hydroxylation sites is 1. The molecule has 7 heteroatoms. The Morgan fingerprint density at radius 1 is 1.26 bits per heavy atom. The Balaban J connectivity index is 2.02. The number of nitrogens with zero attached hydrogens (tertiary/aromatic N) is 2. The van der Waals surface area contributed by atoms with Crippen LogP contribution in [0.5, 0.6) is 0 Å². The molecule has 0 saturated heterocycles. The van der Waals surface area contributed by atoms with E-state index in [2.05, 4.69) is 20.6 Å². The zero-order valence-corrected chi connectivity index (χ0v) is 10.8. The molecule has 0 unspecified atom stereocenters. The molecule has 2 aromatic rings. The van der Waals surface area contributed by atoms with E-state index in [4.69, 9.17) is 16.7 Å². The molecule has 2 rings (SSSR count). The first kappa shape index (κ1) is 13.4. The lowest BCUT2D eigenvalue weighted by Crippen LogP contribution is -2.23. The Bertz CT molecular complexity index is 591. The van der Waals surface area contributed by atoms with Gasteiger partial charge in [-0.3, -0.25) is 0 Å². The molecule has 6 nitrogen and oxygen atoms in total. The number of carboxylic acid groups (broad SMARTS) is 1. The van der Waals surface area contributed by atoms with Crippen LogP contribution in [0.1, 0.15) is 6.42 Å². The van der Waals surface area contributed by atoms with Crippen molar-refractivity contribution in [2.24, 2.45) is 0 Å². The molecular weight excluding hydrogens is 268 g/mol. The molecule has 0 aliphatic rings. The van der Waals surface area contributed by atoms with Crippen LogP contribution < -0.4 is 10.6 Å². The van der Waals surface area contributed by atoms with E-state index in [1.54, 1.807) is 0 Å². The van der Waals surface area contributed by atoms with Gasteiger partial charge in [-0.05, 0) is 30.2 Å². The summed E-state index contributed by atoms with van der Waals surface area (Å²) in [5, 5.41) is 14.9. The summed E-state index contributed by atoms with van der Waals surface area (Å²) in [6, 6.07) is 7.55. The molecule has 3 N–H and O–H groups in total. The largest absolute Gasteiger partial charge is 0.465 e. The number of hydrogen-bond acceptors (Lipinski definition) is 4. The number of fused-ring (bicyclic) bond motifs is 1. The highest BCUT2D eigenvalue weighted by Crippen LogP contribution is 2.21. The van der Waals surface area contributed by atoms with Gasteiger partial charge in [-0.1, -0.05) is 12.1 Å². The summed E-state index contributed by atoms with van der Waals surface area (Å²) in [6.07, 6.45) is -0.363. The minimum Gasteiger partial charge on any atom is -0.465 e. The summed E-state index contributed by atoms with van der Waals surface area (Å²) in [7, 11) is 0. The normalized spacial score (nSPS) is 10.4. The van der Waals surface area contributed by atoms with Crippen molar-refractivity contribution < 1.29 is 9.90 Å². The first-order chi connectivity index (χ1) is 9.16. The summed E-state index contributed by atoms with van der Waals surface area (Å²) in [6.45, 7) is 0.983. The molecule has 1 amide bonds. The van der Waals surface area contributed by atoms with E-state index >= 15 is 0 Å². The third-order valence-electron chi connectivity index (χ3n) is 2.50. The minimum atomic E-state index is -1.02. The first-order valence-electron chi connectivity index (χ1n) is 5.80. The molecule has 100 valence electrons. The number of nitrogens with one attached hydrogen (secondary N) is 2. The van der Waals surface area contributed by atoms with Crippen LogP contribution >= 0.6 is 11.6 Å². The van der Waals surface area contributed by atoms with Gasteiger partial charge in [0.05, 0.1) is 5.52 Å². The van der Waals surface area contributed by atoms with Crippen LogP contribution in [0.3, 0.4) is 0 Å². The number of halogens is 1. The van der Waals surface area contributed by atoms with Crippen molar-refractivity contribution in [2.75, 3.05) is 18.4 Å². The van der Waals surface area contributed by atoms with Crippen LogP contribution in [0.15, 0.2) is 24.3 Å². The highest BCUT2D eigenvalue weighted by atomic mass is 35.5. The standard InChI is InChI=1S/C12H13ClN4O2/c13-11-16-9-5-2-1-4-8(9)10(17-11)14-6-3-7-15-12(18)19/h1-2,4-5,15H,3,6-7H2,(H,18,19)(H,14,16,17). The van der Waals surface area contributed by atoms with Crippen LogP contribution in [-0.2, 0) is 0 Å². The summed E-state index contributed by atoms with van der Waals surface area (Å²) in [5.41, 5.74) is 0.772. The summed E-state index contributed by atoms with van der Waals surface area (Å²) >= 11 is 5.85. The van der Waals surface area contributed by atoms with E-state index in [-0.39, 0.29) is 5.28 Å². The van der Waals surface area contributed by atoms with Crippen LogP contribution in [0, 0.1) is 0 Å². The van der Waals surface area contributed by atoms with Gasteiger partial charge in [-0.2, -0.15) is 0 Å². The Morgan fingerprint density at radius 2 is 2.05 bits per heavy atom. The third-order valence-corrected chi connectivity index (χ3v) is 2.67. The van der Waals surface area contributed by atoms with E-state index in [1.807, 2.05) is 24.3 Å². The number of rotatable bonds is 5. The van der Waals surface area contributed by atoms with Crippen molar-refractivity contribution in [2.45, 2.75) is 6.42 Å². The summed E-state index contributed by atoms with van der Waals surface area (Å²) in [5.74, 6) is 0.658. The van der Waals surface area contributed by atoms with Crippen LogP contribution in [-0.4, -0.2) is 34.3 Å². The highest BCUT2D eigenvalue weighted by molar-refractivity contribution is 6.28. The Kier molecular flexibility index (Phi) is 4.35. The molecule has 0 aliphatic carbocycles. The summed E-state index contributed by atoms with van der Waals surface area (Å²) in [4.78, 5) is 18.6. The van der Waals surface area contributed by atoms with E-state index in [9.17, 15) is 4.79 Å². The van der Waals surface area contributed by atoms with Gasteiger partial charge in [0.1, 0.15) is 5.82 Å². The quantitative estimate of drug-likeness (QED) is 0.578. The van der Waals surface area contributed by atoms with Crippen molar-refractivity contribution in [1.82, 2.24) is 15.3 Å². The first-order valence-corrected chi connectivity index (χ1v) is 6.17. The lowest BCUT2D eigenvalue weighted by Gasteiger charge is -2.08. The monoisotopic (exact) mass is 280 g/mol. The smallest absolute Gasteiger partial charge is 0.404 e. The van der Waals surface area contributed by atoms with Crippen LogP contribution in [0.2, 0.25) is 5.28 Å². The molecule has 1 aromatic carbocycles. The maximum absolute atomic E-state index is 10.3. The van der Waals surface area contributed by atoms with Crippen molar-refractivity contribution in [3.63, 3.8) is 0 Å². The fourth-order valence-electron chi connectivity index (χ4n) is 1.67. The SMILES string of the molecule is O=C(O)NCCCNc1nc(Cl)nc2ccccc12. The maximum Gasteiger partial charge on any atom is 0.404 e. The maximum atomic E-state index is 10.3. The molecule has 0 atom stereocenters. The van der Waals surface area contributed by atoms with Crippen molar-refractivity contribution >= 4 is 34.4 Å². The summed E-state index contributed by atoms with van der Waals surface area (Å²) < 4.78 is 0. The van der Waals surface area contributed by atoms with Gasteiger partial charge in [0.2, 0.25) is 5.28 Å². The van der Waals surface area contributed by atoms with E-state index in [0.29, 0.717) is 25.3 Å². The molecule has 0 spiro atoms. The minimum absolute atomic E-state index is 0.185. The van der Waals surface area contributed by atoms with Gasteiger partial charge >= 0.3 is 6.09 Å². The number of hydrogen-bond donors (Lipinski definition) is 3. The van der Waals surface area contributed by atoms with Gasteiger partial charge in [0, 0.05) is 18.5 Å². The molecule has 0 radical (unpaired) electrons. The molecule has 0 aliphatic heterocycles. The van der Waals surface area contributed by atoms with Gasteiger partial charge in [0.15, 0.2) is 0 Å². The van der Waals surface area contributed by atoms with Crippen molar-refractivity contribution in [3.05, 3.63) is 29.5 Å². The fraction of sp³-hybridized carbons (Fsp3) is 0.250. The number of amides is 1. The lowest BCUT2D eigenvalue weighted by atomic mass is 10.2. The third kappa shape index (κ3) is 3.69. The molecule has 0 bridgehead atoms. The van der Waals surface area contributed by atoms with E-state index in [1.165, 1.54) is 0 Å². The Hall–Kier alpha value is -2.08. The molecule has 19 heavy (non-hydrogen) atoms. The van der Waals surface area contributed by atoms with Crippen LogP contribution in [0.4, 0.5) is 10.6 Å². The molecule has 0 fully saturated rings. The highest BCUT2D eigenvalue weighted by Gasteiger charge is 2.05.